The van der Waals surface area contributed by atoms with Gasteiger partial charge in [-0.05, 0) is 23.8 Å². The summed E-state index contributed by atoms with van der Waals surface area (Å²) in [5.74, 6) is -0.694. The first-order chi connectivity index (χ1) is 14.7. The van der Waals surface area contributed by atoms with Gasteiger partial charge in [-0.1, -0.05) is 48.5 Å². The van der Waals surface area contributed by atoms with E-state index >= 15 is 0 Å². The molecule has 0 aliphatic rings. The molecule has 1 aromatic heterocycles. The molecule has 3 aromatic carbocycles. The molecule has 31 heavy (non-hydrogen) atoms. The molecule has 0 saturated carbocycles. The van der Waals surface area contributed by atoms with E-state index in [0.717, 1.165) is 27.0 Å². The number of carboxylic acid groups (broad SMARTS) is 1. The molecule has 1 heterocycles. The van der Waals surface area contributed by atoms with Crippen molar-refractivity contribution in [3.8, 4) is 6.07 Å². The summed E-state index contributed by atoms with van der Waals surface area (Å²) < 4.78 is 0. The smallest absolute Gasteiger partial charge is 0.545 e. The minimum atomic E-state index is -1.18. The molecule has 0 aliphatic heterocycles. The average molecular weight is 433 g/mol. The second-order valence-corrected chi connectivity index (χ2v) is 7.57. The summed E-state index contributed by atoms with van der Waals surface area (Å²) >= 11 is 1.52. The molecule has 0 amide bonds. The predicted octanol–water partition coefficient (Wildman–Crippen LogP) is 1.51. The summed E-state index contributed by atoms with van der Waals surface area (Å²) in [7, 11) is 0. The van der Waals surface area contributed by atoms with Gasteiger partial charge in [-0.2, -0.15) is 5.26 Å². The van der Waals surface area contributed by atoms with Gasteiger partial charge in [-0.25, -0.2) is 0 Å². The van der Waals surface area contributed by atoms with E-state index in [0.29, 0.717) is 16.9 Å². The zero-order valence-corrected chi connectivity index (χ0v) is 19.6. The molecule has 146 valence electrons. The van der Waals surface area contributed by atoms with Crippen molar-refractivity contribution in [1.82, 2.24) is 4.98 Å². The Morgan fingerprint density at radius 2 is 1.74 bits per heavy atom. The summed E-state index contributed by atoms with van der Waals surface area (Å²) in [6, 6.07) is 22.4. The number of thioether (sulfide) groups is 1. The number of nitrogens with zero attached hydrogens (tertiary/aromatic N) is 2. The first-order valence-electron chi connectivity index (χ1n) is 9.22. The first kappa shape index (κ1) is 22.9. The van der Waals surface area contributed by atoms with Crippen molar-refractivity contribution in [3.05, 3.63) is 95.8 Å². The maximum atomic E-state index is 11.4. The Labute approximate surface area is 206 Å². The van der Waals surface area contributed by atoms with Crippen LogP contribution in [0.2, 0.25) is 0 Å². The van der Waals surface area contributed by atoms with Gasteiger partial charge in [0, 0.05) is 38.9 Å². The van der Waals surface area contributed by atoms with Crippen LogP contribution in [0.15, 0.2) is 84.0 Å². The Hall–Kier alpha value is -2.82. The molecular weight excluding hydrogens is 417 g/mol. The average Bonchev–Trinajstić information content (AvgIpc) is 2.79. The molecule has 0 spiro atoms. The van der Waals surface area contributed by atoms with Gasteiger partial charge in [0.25, 0.3) is 0 Å². The van der Waals surface area contributed by atoms with Crippen LogP contribution in [0.1, 0.15) is 21.5 Å². The third-order valence-corrected chi connectivity index (χ3v) is 5.84. The summed E-state index contributed by atoms with van der Waals surface area (Å²) in [6.45, 7) is 0. The van der Waals surface area contributed by atoms with Crippen molar-refractivity contribution in [2.75, 3.05) is 5.32 Å². The molecule has 5 nitrogen and oxygen atoms in total. The molecule has 0 saturated heterocycles. The first-order valence-corrected chi connectivity index (χ1v) is 10.2. The quantitative estimate of drug-likeness (QED) is 0.366. The van der Waals surface area contributed by atoms with Gasteiger partial charge in [0.2, 0.25) is 0 Å². The molecule has 0 aliphatic carbocycles. The monoisotopic (exact) mass is 433 g/mol. The molecule has 0 atom stereocenters. The molecule has 1 N–H and O–H groups in total. The zero-order chi connectivity index (χ0) is 20.9. The number of anilines is 2. The van der Waals surface area contributed by atoms with E-state index in [1.54, 1.807) is 36.7 Å². The Morgan fingerprint density at radius 3 is 2.52 bits per heavy atom. The number of carboxylic acids is 1. The number of nitrogens with one attached hydrogen (secondary N) is 1. The molecule has 0 unspecified atom stereocenters. The Balaban J connectivity index is 0.00000272. The normalized spacial score (nSPS) is 10.2. The second-order valence-electron chi connectivity index (χ2n) is 6.55. The van der Waals surface area contributed by atoms with E-state index in [1.807, 2.05) is 42.5 Å². The molecule has 7 heteroatoms. The summed E-state index contributed by atoms with van der Waals surface area (Å²) in [6.07, 6.45) is 3.44. The Kier molecular flexibility index (Phi) is 7.72. The Bertz CT molecular complexity index is 1290. The summed E-state index contributed by atoms with van der Waals surface area (Å²) in [4.78, 5) is 16.5. The second kappa shape index (κ2) is 10.5. The van der Waals surface area contributed by atoms with E-state index in [9.17, 15) is 15.2 Å². The maximum absolute atomic E-state index is 11.4. The standard InChI is InChI=1S/C24H17N3O2S.Na/c25-13-16-9-10-21(20-8-4-3-6-18(16)20)27-22-14-26-12-11-23(22)30-15-17-5-1-2-7-19(17)24(28)29;/h1-12,14,27H,15H2,(H,28,29);/q;+1/p-1. The van der Waals surface area contributed by atoms with Crippen LogP contribution < -0.4 is 40.0 Å². The van der Waals surface area contributed by atoms with Crippen LogP contribution in [-0.2, 0) is 5.75 Å². The third-order valence-electron chi connectivity index (χ3n) is 4.72. The fourth-order valence-corrected chi connectivity index (χ4v) is 4.23. The van der Waals surface area contributed by atoms with Crippen molar-refractivity contribution in [2.45, 2.75) is 10.6 Å². The van der Waals surface area contributed by atoms with Crippen molar-refractivity contribution in [3.63, 3.8) is 0 Å². The van der Waals surface area contributed by atoms with Crippen LogP contribution in [-0.4, -0.2) is 11.0 Å². The SMILES string of the molecule is N#Cc1ccc(Nc2cnccc2SCc2ccccc2C(=O)[O-])c2ccccc12.[Na+]. The van der Waals surface area contributed by atoms with Gasteiger partial charge >= 0.3 is 29.6 Å². The van der Waals surface area contributed by atoms with Crippen molar-refractivity contribution in [1.29, 1.82) is 5.26 Å². The van der Waals surface area contributed by atoms with Gasteiger partial charge in [0.05, 0.1) is 29.5 Å². The van der Waals surface area contributed by atoms with E-state index in [-0.39, 0.29) is 35.1 Å². The van der Waals surface area contributed by atoms with Gasteiger partial charge in [0.1, 0.15) is 0 Å². The summed E-state index contributed by atoms with van der Waals surface area (Å²) in [5, 5.41) is 26.0. The van der Waals surface area contributed by atoms with Gasteiger partial charge in [0.15, 0.2) is 0 Å². The molecule has 0 bridgehead atoms. The predicted molar refractivity (Wildman–Crippen MR) is 117 cm³/mol. The van der Waals surface area contributed by atoms with Gasteiger partial charge < -0.3 is 15.2 Å². The van der Waals surface area contributed by atoms with Crippen LogP contribution >= 0.6 is 11.8 Å². The van der Waals surface area contributed by atoms with Crippen LogP contribution in [0.3, 0.4) is 0 Å². The summed E-state index contributed by atoms with van der Waals surface area (Å²) in [5.41, 5.74) is 3.20. The van der Waals surface area contributed by atoms with Crippen LogP contribution in [0.5, 0.6) is 0 Å². The van der Waals surface area contributed by atoms with Gasteiger partial charge in [-0.3, -0.25) is 4.98 Å². The van der Waals surface area contributed by atoms with Gasteiger partial charge in [-0.15, -0.1) is 11.8 Å². The van der Waals surface area contributed by atoms with Crippen molar-refractivity contribution in [2.24, 2.45) is 0 Å². The van der Waals surface area contributed by atoms with Crippen molar-refractivity contribution >= 4 is 39.9 Å². The number of fused-ring (bicyclic) bond motifs is 1. The number of hydrogen-bond acceptors (Lipinski definition) is 6. The van der Waals surface area contributed by atoms with E-state index < -0.39 is 5.97 Å². The largest absolute Gasteiger partial charge is 1.00 e. The molecule has 0 fully saturated rings. The fourth-order valence-electron chi connectivity index (χ4n) is 3.25. The number of carbonyl (C=O) groups excluding carboxylic acids is 1. The van der Waals surface area contributed by atoms with E-state index in [1.165, 1.54) is 11.8 Å². The topological polar surface area (TPSA) is 88.8 Å². The van der Waals surface area contributed by atoms with E-state index in [4.69, 9.17) is 0 Å². The molecule has 4 rings (SSSR count). The van der Waals surface area contributed by atoms with Crippen LogP contribution in [0, 0.1) is 11.3 Å². The van der Waals surface area contributed by atoms with E-state index in [2.05, 4.69) is 16.4 Å². The minimum absolute atomic E-state index is 0. The minimum Gasteiger partial charge on any atom is -0.545 e. The fraction of sp³-hybridized carbons (Fsp3) is 0.0417. The number of benzene rings is 3. The van der Waals surface area contributed by atoms with Crippen molar-refractivity contribution < 1.29 is 39.5 Å². The molecule has 0 radical (unpaired) electrons. The number of pyridine rings is 1. The number of carbonyl (C=O) groups is 1. The number of hydrogen-bond donors (Lipinski definition) is 1. The molecule has 4 aromatic rings. The number of aromatic nitrogens is 1. The molecular formula is C24H16N3NaO2S. The number of aromatic carboxylic acids is 1. The van der Waals surface area contributed by atoms with Crippen LogP contribution in [0.25, 0.3) is 10.8 Å². The third kappa shape index (κ3) is 5.09. The maximum Gasteiger partial charge on any atom is 1.00 e. The Morgan fingerprint density at radius 1 is 1.00 bits per heavy atom. The number of rotatable bonds is 6. The number of nitriles is 1. The zero-order valence-electron chi connectivity index (χ0n) is 16.8. The van der Waals surface area contributed by atoms with Crippen LogP contribution in [0.4, 0.5) is 11.4 Å².